The lowest BCUT2D eigenvalue weighted by atomic mass is 9.46. The van der Waals surface area contributed by atoms with Crippen LogP contribution in [0.1, 0.15) is 93.4 Å². The molecule has 0 amide bonds. The van der Waals surface area contributed by atoms with Crippen LogP contribution < -0.4 is 0 Å². The summed E-state index contributed by atoms with van der Waals surface area (Å²) >= 11 is 0. The Balaban J connectivity index is 1.57. The standard InChI is InChI=1S/C31H50O2/c1-19(2)23(29(4,5)6)10-9-20(3)24-11-12-25-28-26(14-16-31(24,25)8)30(7)15-13-22(32)17-21(30)18-27(28)33/h9-10,18,20,22-28,32-33H,1,11-17H2,2-8H3/b10-9+/t20?,22-,23?,24?,25?,26?,27+,28?,30-,31+/m0/s1. The molecule has 186 valence electrons. The maximum atomic E-state index is 11.4. The first kappa shape index (κ1) is 25.2. The van der Waals surface area contributed by atoms with Crippen molar-refractivity contribution >= 4 is 0 Å². The first-order valence-corrected chi connectivity index (χ1v) is 13.7. The minimum Gasteiger partial charge on any atom is -0.393 e. The molecule has 0 saturated heterocycles. The van der Waals surface area contributed by atoms with E-state index in [9.17, 15) is 10.2 Å². The van der Waals surface area contributed by atoms with E-state index in [2.05, 4.69) is 73.3 Å². The third-order valence-electron chi connectivity index (χ3n) is 10.9. The lowest BCUT2D eigenvalue weighted by molar-refractivity contribution is -0.0950. The smallest absolute Gasteiger partial charge is 0.0757 e. The Morgan fingerprint density at radius 2 is 1.76 bits per heavy atom. The lowest BCUT2D eigenvalue weighted by Gasteiger charge is -2.59. The second-order valence-corrected chi connectivity index (χ2v) is 13.9. The molecule has 33 heavy (non-hydrogen) atoms. The SMILES string of the molecule is C=C(C)C(/C=C/C(C)C1CCC2C3C(CC[C@]12C)[C@@]1(C)CC[C@H](O)CC1=C[C@H]3O)C(C)(C)C. The summed E-state index contributed by atoms with van der Waals surface area (Å²) in [5.41, 5.74) is 3.28. The van der Waals surface area contributed by atoms with E-state index in [4.69, 9.17) is 0 Å². The molecule has 2 nitrogen and oxygen atoms in total. The summed E-state index contributed by atoms with van der Waals surface area (Å²) in [5.74, 6) is 3.19. The van der Waals surface area contributed by atoms with Crippen molar-refractivity contribution in [3.8, 4) is 0 Å². The third-order valence-corrected chi connectivity index (χ3v) is 10.9. The van der Waals surface area contributed by atoms with Gasteiger partial charge in [-0.3, -0.25) is 0 Å². The molecular formula is C31H50O2. The number of rotatable bonds is 4. The third kappa shape index (κ3) is 4.22. The Kier molecular flexibility index (Phi) is 6.63. The van der Waals surface area contributed by atoms with Crippen LogP contribution in [0.3, 0.4) is 0 Å². The van der Waals surface area contributed by atoms with Gasteiger partial charge in [-0.1, -0.05) is 77.5 Å². The summed E-state index contributed by atoms with van der Waals surface area (Å²) in [5, 5.41) is 21.6. The Morgan fingerprint density at radius 3 is 2.39 bits per heavy atom. The molecule has 10 atom stereocenters. The number of aliphatic hydroxyl groups is 2. The van der Waals surface area contributed by atoms with Crippen molar-refractivity contribution in [2.45, 2.75) is 106 Å². The molecule has 0 aliphatic heterocycles. The zero-order chi connectivity index (χ0) is 24.3. The fraction of sp³-hybridized carbons (Fsp3) is 0.806. The fourth-order valence-electron chi connectivity index (χ4n) is 9.15. The van der Waals surface area contributed by atoms with Crippen LogP contribution in [0, 0.1) is 51.8 Å². The van der Waals surface area contributed by atoms with Crippen molar-refractivity contribution in [2.24, 2.45) is 51.8 Å². The topological polar surface area (TPSA) is 40.5 Å². The molecular weight excluding hydrogens is 404 g/mol. The summed E-state index contributed by atoms with van der Waals surface area (Å²) in [7, 11) is 0. The van der Waals surface area contributed by atoms with Crippen molar-refractivity contribution in [3.05, 3.63) is 36.0 Å². The molecule has 2 heteroatoms. The first-order chi connectivity index (χ1) is 15.3. The minimum absolute atomic E-state index is 0.176. The van der Waals surface area contributed by atoms with Crippen molar-refractivity contribution in [3.63, 3.8) is 0 Å². The number of aliphatic hydroxyl groups excluding tert-OH is 2. The van der Waals surface area contributed by atoms with Crippen LogP contribution >= 0.6 is 0 Å². The monoisotopic (exact) mass is 454 g/mol. The van der Waals surface area contributed by atoms with Crippen LogP contribution in [0.25, 0.3) is 0 Å². The van der Waals surface area contributed by atoms with Crippen LogP contribution in [-0.4, -0.2) is 22.4 Å². The number of fused-ring (bicyclic) bond motifs is 5. The van der Waals surface area contributed by atoms with E-state index in [-0.39, 0.29) is 23.0 Å². The van der Waals surface area contributed by atoms with Gasteiger partial charge >= 0.3 is 0 Å². The van der Waals surface area contributed by atoms with Crippen LogP contribution in [0.2, 0.25) is 0 Å². The van der Waals surface area contributed by atoms with Gasteiger partial charge in [0.25, 0.3) is 0 Å². The van der Waals surface area contributed by atoms with E-state index < -0.39 is 0 Å². The predicted octanol–water partition coefficient (Wildman–Crippen LogP) is 7.33. The Bertz CT molecular complexity index is 815. The van der Waals surface area contributed by atoms with Crippen molar-refractivity contribution < 1.29 is 10.2 Å². The first-order valence-electron chi connectivity index (χ1n) is 13.7. The van der Waals surface area contributed by atoms with E-state index in [1.807, 2.05) is 0 Å². The highest BCUT2D eigenvalue weighted by Gasteiger charge is 2.61. The Hall–Kier alpha value is -0.860. The van der Waals surface area contributed by atoms with E-state index in [0.717, 1.165) is 19.3 Å². The van der Waals surface area contributed by atoms with Gasteiger partial charge in [-0.2, -0.15) is 0 Å². The largest absolute Gasteiger partial charge is 0.393 e. The van der Waals surface area contributed by atoms with Crippen molar-refractivity contribution in [1.29, 1.82) is 0 Å². The lowest BCUT2D eigenvalue weighted by Crippen LogP contribution is -2.54. The summed E-state index contributed by atoms with van der Waals surface area (Å²) < 4.78 is 0. The molecule has 0 heterocycles. The second kappa shape index (κ2) is 8.66. The number of allylic oxidation sites excluding steroid dienone is 3. The van der Waals surface area contributed by atoms with Gasteiger partial charge in [0.05, 0.1) is 12.2 Å². The van der Waals surface area contributed by atoms with E-state index in [1.165, 1.54) is 36.8 Å². The highest BCUT2D eigenvalue weighted by Crippen LogP contribution is 2.67. The van der Waals surface area contributed by atoms with E-state index in [1.54, 1.807) is 0 Å². The Labute approximate surface area is 203 Å². The molecule has 0 radical (unpaired) electrons. The zero-order valence-electron chi connectivity index (χ0n) is 22.4. The summed E-state index contributed by atoms with van der Waals surface area (Å²) in [4.78, 5) is 0. The van der Waals surface area contributed by atoms with Gasteiger partial charge in [0.1, 0.15) is 0 Å². The maximum Gasteiger partial charge on any atom is 0.0757 e. The minimum atomic E-state index is -0.341. The van der Waals surface area contributed by atoms with Crippen molar-refractivity contribution in [1.82, 2.24) is 0 Å². The summed E-state index contributed by atoms with van der Waals surface area (Å²) in [6.07, 6.45) is 14.3. The molecule has 6 unspecified atom stereocenters. The predicted molar refractivity (Wildman–Crippen MR) is 139 cm³/mol. The van der Waals surface area contributed by atoms with Gasteiger partial charge in [-0.05, 0) is 97.7 Å². The van der Waals surface area contributed by atoms with Gasteiger partial charge < -0.3 is 10.2 Å². The van der Waals surface area contributed by atoms with E-state index in [0.29, 0.717) is 40.9 Å². The molecule has 2 N–H and O–H groups in total. The average molecular weight is 455 g/mol. The maximum absolute atomic E-state index is 11.4. The Morgan fingerprint density at radius 1 is 1.06 bits per heavy atom. The molecule has 0 aromatic rings. The van der Waals surface area contributed by atoms with Gasteiger partial charge in [0, 0.05) is 5.92 Å². The fourth-order valence-corrected chi connectivity index (χ4v) is 9.15. The molecule has 0 spiro atoms. The molecule has 0 aromatic carbocycles. The molecule has 0 bridgehead atoms. The number of hydrogen-bond acceptors (Lipinski definition) is 2. The molecule has 3 saturated carbocycles. The average Bonchev–Trinajstić information content (AvgIpc) is 3.05. The zero-order valence-corrected chi connectivity index (χ0v) is 22.4. The van der Waals surface area contributed by atoms with Gasteiger partial charge in [-0.25, -0.2) is 0 Å². The molecule has 0 aromatic heterocycles. The van der Waals surface area contributed by atoms with Crippen LogP contribution in [0.4, 0.5) is 0 Å². The van der Waals surface area contributed by atoms with E-state index >= 15 is 0 Å². The van der Waals surface area contributed by atoms with Crippen LogP contribution in [0.5, 0.6) is 0 Å². The molecule has 4 rings (SSSR count). The summed E-state index contributed by atoms with van der Waals surface area (Å²) in [6, 6.07) is 0. The summed E-state index contributed by atoms with van der Waals surface area (Å²) in [6.45, 7) is 20.8. The van der Waals surface area contributed by atoms with Crippen LogP contribution in [0.15, 0.2) is 36.0 Å². The highest BCUT2D eigenvalue weighted by atomic mass is 16.3. The van der Waals surface area contributed by atoms with Gasteiger partial charge in [0.2, 0.25) is 0 Å². The molecule has 4 aliphatic carbocycles. The van der Waals surface area contributed by atoms with Gasteiger partial charge in [0.15, 0.2) is 0 Å². The number of hydrogen-bond donors (Lipinski definition) is 2. The van der Waals surface area contributed by atoms with Crippen LogP contribution in [-0.2, 0) is 0 Å². The highest BCUT2D eigenvalue weighted by molar-refractivity contribution is 5.28. The molecule has 4 aliphatic rings. The second-order valence-electron chi connectivity index (χ2n) is 13.9. The normalized spacial score (nSPS) is 45.1. The quantitative estimate of drug-likeness (QED) is 0.437. The molecule has 3 fully saturated rings. The van der Waals surface area contributed by atoms with Crippen molar-refractivity contribution in [2.75, 3.05) is 0 Å². The van der Waals surface area contributed by atoms with Gasteiger partial charge in [-0.15, -0.1) is 0 Å².